The Hall–Kier alpha value is -1.69. The van der Waals surface area contributed by atoms with Crippen LogP contribution in [0, 0.1) is 11.6 Å². The minimum absolute atomic E-state index is 0.0487. The summed E-state index contributed by atoms with van der Waals surface area (Å²) in [6.07, 6.45) is 0. The van der Waals surface area contributed by atoms with Crippen molar-refractivity contribution in [3.05, 3.63) is 29.8 Å². The number of rotatable bonds is 5. The Balaban J connectivity index is 2.40. The van der Waals surface area contributed by atoms with Gasteiger partial charge in [0, 0.05) is 19.2 Å². The maximum absolute atomic E-state index is 13.2. The highest BCUT2D eigenvalue weighted by atomic mass is 19.1. The van der Waals surface area contributed by atoms with E-state index >= 15 is 0 Å². The second-order valence-corrected chi connectivity index (χ2v) is 3.36. The molecule has 0 spiro atoms. The molecule has 0 fully saturated rings. The fourth-order valence-electron chi connectivity index (χ4n) is 1.20. The van der Waals surface area contributed by atoms with Crippen molar-refractivity contribution in [3.63, 3.8) is 0 Å². The standard InChI is InChI=1S/C11H15F2N3O/c1-2-14-5-6-15-11(17)16-10-4-3-8(12)7-9(10)13/h3-4,7,14H,2,5-6H2,1H3,(H2,15,16,17). The summed E-state index contributed by atoms with van der Waals surface area (Å²) < 4.78 is 25.8. The Kier molecular flexibility index (Phi) is 5.35. The smallest absolute Gasteiger partial charge is 0.319 e. The number of likely N-dealkylation sites (N-methyl/N-ethyl adjacent to an activating group) is 1. The molecule has 4 nitrogen and oxygen atoms in total. The molecule has 0 aliphatic rings. The molecule has 0 aliphatic carbocycles. The number of hydrogen-bond donors (Lipinski definition) is 3. The number of carbonyl (C=O) groups excluding carboxylic acids is 1. The molecule has 0 heterocycles. The fraction of sp³-hybridized carbons (Fsp3) is 0.364. The van der Waals surface area contributed by atoms with Gasteiger partial charge in [0.2, 0.25) is 0 Å². The van der Waals surface area contributed by atoms with Crippen molar-refractivity contribution >= 4 is 11.7 Å². The van der Waals surface area contributed by atoms with Crippen molar-refractivity contribution in [1.29, 1.82) is 0 Å². The van der Waals surface area contributed by atoms with E-state index in [9.17, 15) is 13.6 Å². The lowest BCUT2D eigenvalue weighted by Crippen LogP contribution is -2.34. The first kappa shape index (κ1) is 13.4. The van der Waals surface area contributed by atoms with E-state index < -0.39 is 17.7 Å². The summed E-state index contributed by atoms with van der Waals surface area (Å²) in [4.78, 5) is 11.3. The Morgan fingerprint density at radius 1 is 1.29 bits per heavy atom. The van der Waals surface area contributed by atoms with Crippen LogP contribution in [0.2, 0.25) is 0 Å². The van der Waals surface area contributed by atoms with Gasteiger partial charge in [-0.2, -0.15) is 0 Å². The highest BCUT2D eigenvalue weighted by Crippen LogP contribution is 2.14. The van der Waals surface area contributed by atoms with Crippen LogP contribution in [0.25, 0.3) is 0 Å². The number of urea groups is 1. The van der Waals surface area contributed by atoms with Gasteiger partial charge >= 0.3 is 6.03 Å². The van der Waals surface area contributed by atoms with Crippen LogP contribution >= 0.6 is 0 Å². The summed E-state index contributed by atoms with van der Waals surface area (Å²) in [7, 11) is 0. The monoisotopic (exact) mass is 243 g/mol. The van der Waals surface area contributed by atoms with Crippen LogP contribution in [0.4, 0.5) is 19.3 Å². The van der Waals surface area contributed by atoms with E-state index in [4.69, 9.17) is 0 Å². The van der Waals surface area contributed by atoms with Gasteiger partial charge in [-0.15, -0.1) is 0 Å². The van der Waals surface area contributed by atoms with Gasteiger partial charge in [0.25, 0.3) is 0 Å². The Bertz CT molecular complexity index is 385. The zero-order valence-corrected chi connectivity index (χ0v) is 9.52. The van der Waals surface area contributed by atoms with Crippen LogP contribution in [0.5, 0.6) is 0 Å². The van der Waals surface area contributed by atoms with Crippen molar-refractivity contribution in [2.75, 3.05) is 25.0 Å². The lowest BCUT2D eigenvalue weighted by molar-refractivity contribution is 0.252. The number of hydrogen-bond acceptors (Lipinski definition) is 2. The zero-order chi connectivity index (χ0) is 12.7. The zero-order valence-electron chi connectivity index (χ0n) is 9.52. The first-order valence-electron chi connectivity index (χ1n) is 5.34. The predicted octanol–water partition coefficient (Wildman–Crippen LogP) is 1.70. The van der Waals surface area contributed by atoms with Crippen LogP contribution in [0.15, 0.2) is 18.2 Å². The van der Waals surface area contributed by atoms with Gasteiger partial charge in [0.05, 0.1) is 5.69 Å². The summed E-state index contributed by atoms with van der Waals surface area (Å²) in [5.74, 6) is -1.48. The largest absolute Gasteiger partial charge is 0.337 e. The van der Waals surface area contributed by atoms with Gasteiger partial charge in [0.1, 0.15) is 11.6 Å². The highest BCUT2D eigenvalue weighted by molar-refractivity contribution is 5.89. The molecular formula is C11H15F2N3O. The summed E-state index contributed by atoms with van der Waals surface area (Å²) in [6, 6.07) is 2.45. The molecule has 0 aliphatic heterocycles. The van der Waals surface area contributed by atoms with Gasteiger partial charge in [0.15, 0.2) is 0 Å². The molecule has 2 amide bonds. The number of nitrogens with one attached hydrogen (secondary N) is 3. The molecule has 0 saturated heterocycles. The summed E-state index contributed by atoms with van der Waals surface area (Å²) in [5.41, 5.74) is -0.0487. The average molecular weight is 243 g/mol. The third-order valence-corrected chi connectivity index (χ3v) is 2.02. The molecule has 94 valence electrons. The maximum atomic E-state index is 13.2. The van der Waals surface area contributed by atoms with E-state index in [0.717, 1.165) is 12.6 Å². The SMILES string of the molecule is CCNCCNC(=O)Nc1ccc(F)cc1F. The molecule has 0 bridgehead atoms. The van der Waals surface area contributed by atoms with Gasteiger partial charge in [-0.1, -0.05) is 6.92 Å². The third kappa shape index (κ3) is 4.78. The van der Waals surface area contributed by atoms with E-state index in [1.165, 1.54) is 6.07 Å². The van der Waals surface area contributed by atoms with Crippen LogP contribution in [0.1, 0.15) is 6.92 Å². The normalized spacial score (nSPS) is 10.1. The van der Waals surface area contributed by atoms with Crippen LogP contribution < -0.4 is 16.0 Å². The molecule has 1 aromatic carbocycles. The quantitative estimate of drug-likeness (QED) is 0.689. The first-order valence-corrected chi connectivity index (χ1v) is 5.34. The van der Waals surface area contributed by atoms with E-state index in [1.54, 1.807) is 0 Å². The van der Waals surface area contributed by atoms with E-state index in [1.807, 2.05) is 6.92 Å². The second-order valence-electron chi connectivity index (χ2n) is 3.36. The Morgan fingerprint density at radius 3 is 2.71 bits per heavy atom. The predicted molar refractivity (Wildman–Crippen MR) is 61.9 cm³/mol. The first-order chi connectivity index (χ1) is 8.13. The van der Waals surface area contributed by atoms with Crippen LogP contribution in [-0.4, -0.2) is 25.7 Å². The van der Waals surface area contributed by atoms with Crippen molar-refractivity contribution in [3.8, 4) is 0 Å². The van der Waals surface area contributed by atoms with Crippen molar-refractivity contribution in [2.45, 2.75) is 6.92 Å². The second kappa shape index (κ2) is 6.80. The number of benzene rings is 1. The minimum atomic E-state index is -0.799. The van der Waals surface area contributed by atoms with Gasteiger partial charge in [-0.05, 0) is 18.7 Å². The molecule has 0 saturated carbocycles. The number of halogens is 2. The minimum Gasteiger partial charge on any atom is -0.337 e. The molecule has 0 radical (unpaired) electrons. The van der Waals surface area contributed by atoms with Crippen LogP contribution in [-0.2, 0) is 0 Å². The molecular weight excluding hydrogens is 228 g/mol. The van der Waals surface area contributed by atoms with Gasteiger partial charge in [-0.25, -0.2) is 13.6 Å². The number of carbonyl (C=O) groups is 1. The number of anilines is 1. The highest BCUT2D eigenvalue weighted by Gasteiger charge is 2.06. The van der Waals surface area contributed by atoms with Crippen molar-refractivity contribution < 1.29 is 13.6 Å². The van der Waals surface area contributed by atoms with Gasteiger partial charge in [-0.3, -0.25) is 0 Å². The fourth-order valence-corrected chi connectivity index (χ4v) is 1.20. The molecule has 17 heavy (non-hydrogen) atoms. The average Bonchev–Trinajstić information content (AvgIpc) is 2.28. The van der Waals surface area contributed by atoms with E-state index in [-0.39, 0.29) is 5.69 Å². The third-order valence-electron chi connectivity index (χ3n) is 2.02. The van der Waals surface area contributed by atoms with Crippen LogP contribution in [0.3, 0.4) is 0 Å². The Morgan fingerprint density at radius 2 is 2.06 bits per heavy atom. The van der Waals surface area contributed by atoms with Gasteiger partial charge < -0.3 is 16.0 Å². The molecule has 1 aromatic rings. The lowest BCUT2D eigenvalue weighted by atomic mass is 10.3. The molecule has 3 N–H and O–H groups in total. The Labute approximate surface area is 98.4 Å². The maximum Gasteiger partial charge on any atom is 0.319 e. The molecule has 6 heteroatoms. The molecule has 0 aromatic heterocycles. The summed E-state index contributed by atoms with van der Waals surface area (Å²) in [6.45, 7) is 3.84. The summed E-state index contributed by atoms with van der Waals surface area (Å²) >= 11 is 0. The van der Waals surface area contributed by atoms with E-state index in [2.05, 4.69) is 16.0 Å². The molecule has 0 unspecified atom stereocenters. The molecule has 0 atom stereocenters. The van der Waals surface area contributed by atoms with Crippen molar-refractivity contribution in [2.24, 2.45) is 0 Å². The number of amides is 2. The topological polar surface area (TPSA) is 53.2 Å². The molecule has 1 rings (SSSR count). The van der Waals surface area contributed by atoms with Crippen molar-refractivity contribution in [1.82, 2.24) is 10.6 Å². The lowest BCUT2D eigenvalue weighted by Gasteiger charge is -2.08. The van der Waals surface area contributed by atoms with E-state index in [0.29, 0.717) is 19.2 Å². The summed E-state index contributed by atoms with van der Waals surface area (Å²) in [5, 5.41) is 7.85.